The molecular weight excluding hydrogens is 414 g/mol. The second-order valence-corrected chi connectivity index (χ2v) is 8.46. The topological polar surface area (TPSA) is 59.8 Å². The highest BCUT2D eigenvalue weighted by Crippen LogP contribution is 2.40. The van der Waals surface area contributed by atoms with Gasteiger partial charge in [0.05, 0.1) is 23.6 Å². The third-order valence-electron chi connectivity index (χ3n) is 6.08. The molecule has 0 saturated carbocycles. The van der Waals surface area contributed by atoms with Gasteiger partial charge in [-0.2, -0.15) is 0 Å². The lowest BCUT2D eigenvalue weighted by Crippen LogP contribution is -2.29. The summed E-state index contributed by atoms with van der Waals surface area (Å²) in [5.74, 6) is 0.550. The summed E-state index contributed by atoms with van der Waals surface area (Å²) >= 11 is 0. The second-order valence-electron chi connectivity index (χ2n) is 8.46. The smallest absolute Gasteiger partial charge is 0.291 e. The van der Waals surface area contributed by atoms with Crippen LogP contribution in [0.25, 0.3) is 11.0 Å². The molecule has 0 aliphatic carbocycles. The molecule has 1 unspecified atom stereocenters. The monoisotopic (exact) mass is 439 g/mol. The Bertz CT molecular complexity index is 1420. The Morgan fingerprint density at radius 2 is 1.76 bits per heavy atom. The number of aryl methyl sites for hydroxylation is 2. The van der Waals surface area contributed by atoms with E-state index in [2.05, 4.69) is 0 Å². The highest BCUT2D eigenvalue weighted by atomic mass is 16.5. The fourth-order valence-corrected chi connectivity index (χ4v) is 4.71. The van der Waals surface area contributed by atoms with Crippen molar-refractivity contribution in [3.05, 3.63) is 111 Å². The Morgan fingerprint density at radius 1 is 0.970 bits per heavy atom. The third kappa shape index (κ3) is 3.59. The van der Waals surface area contributed by atoms with Crippen molar-refractivity contribution in [2.24, 2.45) is 0 Å². The third-order valence-corrected chi connectivity index (χ3v) is 6.08. The van der Waals surface area contributed by atoms with Gasteiger partial charge in [-0.05, 0) is 61.2 Å². The number of rotatable bonds is 5. The molecular formula is C28H25NO4. The van der Waals surface area contributed by atoms with Gasteiger partial charge in [0.25, 0.3) is 5.91 Å². The quantitative estimate of drug-likeness (QED) is 0.409. The van der Waals surface area contributed by atoms with Crippen LogP contribution in [0, 0.1) is 13.8 Å². The fourth-order valence-electron chi connectivity index (χ4n) is 4.71. The van der Waals surface area contributed by atoms with E-state index in [4.69, 9.17) is 9.15 Å². The lowest BCUT2D eigenvalue weighted by molar-refractivity contribution is 0.0714. The summed E-state index contributed by atoms with van der Waals surface area (Å²) in [6.45, 7) is 6.67. The molecule has 1 aliphatic rings. The molecule has 1 amide bonds. The number of hydrogen-bond acceptors (Lipinski definition) is 4. The molecule has 1 aromatic heterocycles. The van der Waals surface area contributed by atoms with Gasteiger partial charge in [0.2, 0.25) is 5.76 Å². The van der Waals surface area contributed by atoms with Crippen molar-refractivity contribution < 1.29 is 13.9 Å². The maximum atomic E-state index is 13.8. The average molecular weight is 440 g/mol. The van der Waals surface area contributed by atoms with E-state index in [-0.39, 0.29) is 17.1 Å². The predicted molar refractivity (Wildman–Crippen MR) is 128 cm³/mol. The van der Waals surface area contributed by atoms with Crippen LogP contribution in [0.15, 0.2) is 75.9 Å². The van der Waals surface area contributed by atoms with Crippen LogP contribution in [0.5, 0.6) is 5.75 Å². The zero-order chi connectivity index (χ0) is 23.1. The molecule has 0 radical (unpaired) electrons. The van der Waals surface area contributed by atoms with Gasteiger partial charge in [-0.1, -0.05) is 48.5 Å². The molecule has 5 rings (SSSR count). The number of hydrogen-bond donors (Lipinski definition) is 0. The van der Waals surface area contributed by atoms with E-state index in [1.165, 1.54) is 0 Å². The molecule has 0 fully saturated rings. The first-order valence-corrected chi connectivity index (χ1v) is 11.1. The number of ether oxygens (including phenoxy) is 1. The Morgan fingerprint density at radius 3 is 2.52 bits per heavy atom. The predicted octanol–water partition coefficient (Wildman–Crippen LogP) is 5.55. The molecule has 1 atom stereocenters. The lowest BCUT2D eigenvalue weighted by atomic mass is 9.97. The molecule has 5 heteroatoms. The van der Waals surface area contributed by atoms with Crippen LogP contribution < -0.4 is 10.2 Å². The molecule has 4 aromatic rings. The SMILES string of the molecule is CCOc1cccc(C2c3c(oc4c(C)cc(C)cc4c3=O)C(=O)N2Cc2ccccc2)c1. The summed E-state index contributed by atoms with van der Waals surface area (Å²) in [5, 5.41) is 0.506. The molecule has 0 spiro atoms. The Balaban J connectivity index is 1.75. The minimum atomic E-state index is -0.561. The molecule has 0 saturated heterocycles. The van der Waals surface area contributed by atoms with Gasteiger partial charge in [-0.25, -0.2) is 0 Å². The van der Waals surface area contributed by atoms with Crippen molar-refractivity contribution >= 4 is 16.9 Å². The van der Waals surface area contributed by atoms with E-state index in [0.29, 0.717) is 35.4 Å². The number of amides is 1. The lowest BCUT2D eigenvalue weighted by Gasteiger charge is -2.25. The summed E-state index contributed by atoms with van der Waals surface area (Å²) < 4.78 is 11.9. The van der Waals surface area contributed by atoms with Gasteiger partial charge < -0.3 is 14.1 Å². The van der Waals surface area contributed by atoms with Crippen molar-refractivity contribution in [2.45, 2.75) is 33.4 Å². The molecule has 2 heterocycles. The van der Waals surface area contributed by atoms with E-state index in [9.17, 15) is 9.59 Å². The molecule has 33 heavy (non-hydrogen) atoms. The van der Waals surface area contributed by atoms with Crippen LogP contribution in [-0.4, -0.2) is 17.4 Å². The van der Waals surface area contributed by atoms with Gasteiger partial charge >= 0.3 is 0 Å². The number of carbonyl (C=O) groups is 1. The first-order chi connectivity index (χ1) is 16.0. The number of benzene rings is 3. The van der Waals surface area contributed by atoms with Crippen LogP contribution in [-0.2, 0) is 6.54 Å². The van der Waals surface area contributed by atoms with Crippen LogP contribution in [0.4, 0.5) is 0 Å². The molecule has 3 aromatic carbocycles. The van der Waals surface area contributed by atoms with E-state index in [0.717, 1.165) is 22.3 Å². The minimum Gasteiger partial charge on any atom is -0.494 e. The summed E-state index contributed by atoms with van der Waals surface area (Å²) in [6, 6.07) is 20.6. The number of nitrogens with zero attached hydrogens (tertiary/aromatic N) is 1. The van der Waals surface area contributed by atoms with Crippen molar-refractivity contribution in [1.82, 2.24) is 4.90 Å². The van der Waals surface area contributed by atoms with Crippen molar-refractivity contribution in [1.29, 1.82) is 0 Å². The molecule has 0 N–H and O–H groups in total. The second kappa shape index (κ2) is 8.24. The normalized spacial score (nSPS) is 15.2. The summed E-state index contributed by atoms with van der Waals surface area (Å²) in [6.07, 6.45) is 0. The summed E-state index contributed by atoms with van der Waals surface area (Å²) in [4.78, 5) is 29.1. The van der Waals surface area contributed by atoms with Crippen LogP contribution in [0.1, 0.15) is 51.3 Å². The van der Waals surface area contributed by atoms with Crippen molar-refractivity contribution in [3.8, 4) is 5.75 Å². The number of carbonyl (C=O) groups excluding carboxylic acids is 1. The zero-order valence-corrected chi connectivity index (χ0v) is 18.9. The first kappa shape index (κ1) is 21.0. The zero-order valence-electron chi connectivity index (χ0n) is 18.9. The molecule has 166 valence electrons. The van der Waals surface area contributed by atoms with Gasteiger partial charge in [-0.3, -0.25) is 9.59 Å². The molecule has 5 nitrogen and oxygen atoms in total. The number of fused-ring (bicyclic) bond motifs is 2. The Hall–Kier alpha value is -3.86. The van der Waals surface area contributed by atoms with E-state index in [1.54, 1.807) is 4.90 Å². The minimum absolute atomic E-state index is 0.127. The highest BCUT2D eigenvalue weighted by molar-refractivity contribution is 5.99. The maximum absolute atomic E-state index is 13.8. The fraction of sp³-hybridized carbons (Fsp3) is 0.214. The van der Waals surface area contributed by atoms with Crippen LogP contribution in [0.2, 0.25) is 0 Å². The van der Waals surface area contributed by atoms with E-state index >= 15 is 0 Å². The van der Waals surface area contributed by atoms with Gasteiger partial charge in [-0.15, -0.1) is 0 Å². The average Bonchev–Trinajstić information content (AvgIpc) is 3.08. The highest BCUT2D eigenvalue weighted by Gasteiger charge is 2.43. The standard InChI is InChI=1S/C28H25NO4/c1-4-32-21-12-8-11-20(15-21)24-23-25(30)22-14-17(2)13-18(3)26(22)33-27(23)28(31)29(24)16-19-9-6-5-7-10-19/h5-15,24H,4,16H2,1-3H3. The molecule has 1 aliphatic heterocycles. The van der Waals surface area contributed by atoms with Gasteiger partial charge in [0.15, 0.2) is 5.43 Å². The van der Waals surface area contributed by atoms with Gasteiger partial charge in [0.1, 0.15) is 11.3 Å². The summed E-state index contributed by atoms with van der Waals surface area (Å²) in [5.41, 5.74) is 4.33. The summed E-state index contributed by atoms with van der Waals surface area (Å²) in [7, 11) is 0. The largest absolute Gasteiger partial charge is 0.494 e. The van der Waals surface area contributed by atoms with E-state index in [1.807, 2.05) is 87.5 Å². The van der Waals surface area contributed by atoms with E-state index < -0.39 is 6.04 Å². The van der Waals surface area contributed by atoms with Crippen LogP contribution >= 0.6 is 0 Å². The van der Waals surface area contributed by atoms with Crippen LogP contribution in [0.3, 0.4) is 0 Å². The molecule has 0 bridgehead atoms. The first-order valence-electron chi connectivity index (χ1n) is 11.1. The maximum Gasteiger partial charge on any atom is 0.291 e. The Kier molecular flexibility index (Phi) is 5.25. The Labute approximate surface area is 192 Å². The van der Waals surface area contributed by atoms with Crippen molar-refractivity contribution in [2.75, 3.05) is 6.61 Å². The van der Waals surface area contributed by atoms with Crippen molar-refractivity contribution in [3.63, 3.8) is 0 Å². The van der Waals surface area contributed by atoms with Gasteiger partial charge in [0, 0.05) is 6.54 Å².